The third-order valence-corrected chi connectivity index (χ3v) is 10.2. The Labute approximate surface area is 271 Å². The molecule has 0 radical (unpaired) electrons. The van der Waals surface area contributed by atoms with Gasteiger partial charge in [0.25, 0.3) is 0 Å². The van der Waals surface area contributed by atoms with Crippen LogP contribution in [0.2, 0.25) is 0 Å². The SMILES string of the molecule is N#Cc1ccc2c(c1)C1(c3cc(-c4nc(-c5ccccc5)nc(-c5ccccc5)n4)ccc3S2)c2ccccc2-c2ccccc21. The summed E-state index contributed by atoms with van der Waals surface area (Å²) in [5.41, 5.74) is 9.99. The van der Waals surface area contributed by atoms with Gasteiger partial charge in [0.2, 0.25) is 0 Å². The second-order valence-electron chi connectivity index (χ2n) is 11.5. The molecular formula is C41H24N4S. The quantitative estimate of drug-likeness (QED) is 0.201. The third-order valence-electron chi connectivity index (χ3n) is 9.03. The van der Waals surface area contributed by atoms with Crippen LogP contribution in [0.3, 0.4) is 0 Å². The fourth-order valence-corrected chi connectivity index (χ4v) is 8.20. The van der Waals surface area contributed by atoms with Gasteiger partial charge < -0.3 is 0 Å². The Morgan fingerprint density at radius 1 is 0.457 bits per heavy atom. The molecule has 0 amide bonds. The number of rotatable bonds is 3. The van der Waals surface area contributed by atoms with Crippen LogP contribution in [0.4, 0.5) is 0 Å². The Bertz CT molecular complexity index is 2260. The van der Waals surface area contributed by atoms with E-state index in [-0.39, 0.29) is 0 Å². The highest BCUT2D eigenvalue weighted by atomic mass is 32.2. The van der Waals surface area contributed by atoms with E-state index in [0.29, 0.717) is 23.0 Å². The largest absolute Gasteiger partial charge is 0.208 e. The van der Waals surface area contributed by atoms with Gasteiger partial charge in [-0.05, 0) is 63.7 Å². The Morgan fingerprint density at radius 3 is 1.50 bits per heavy atom. The summed E-state index contributed by atoms with van der Waals surface area (Å²) in [5, 5.41) is 10.0. The Hall–Kier alpha value is -5.83. The highest BCUT2D eigenvalue weighted by Gasteiger charge is 2.50. The first-order valence-electron chi connectivity index (χ1n) is 15.2. The van der Waals surface area contributed by atoms with Crippen LogP contribution in [0.5, 0.6) is 0 Å². The van der Waals surface area contributed by atoms with Crippen LogP contribution in [0.15, 0.2) is 155 Å². The fraction of sp³-hybridized carbons (Fsp3) is 0.0244. The van der Waals surface area contributed by atoms with E-state index in [1.54, 1.807) is 11.8 Å². The van der Waals surface area contributed by atoms with Gasteiger partial charge in [0.05, 0.1) is 17.0 Å². The maximum absolute atomic E-state index is 10.0. The summed E-state index contributed by atoms with van der Waals surface area (Å²) in [6.07, 6.45) is 0. The van der Waals surface area contributed by atoms with Gasteiger partial charge >= 0.3 is 0 Å². The lowest BCUT2D eigenvalue weighted by atomic mass is 9.67. The molecule has 0 bridgehead atoms. The average molecular weight is 605 g/mol. The highest BCUT2D eigenvalue weighted by Crippen LogP contribution is 2.62. The molecule has 0 unspecified atom stereocenters. The first-order chi connectivity index (χ1) is 22.7. The van der Waals surface area contributed by atoms with Crippen molar-refractivity contribution in [2.24, 2.45) is 0 Å². The monoisotopic (exact) mass is 604 g/mol. The van der Waals surface area contributed by atoms with Crippen molar-refractivity contribution in [2.45, 2.75) is 15.2 Å². The van der Waals surface area contributed by atoms with E-state index in [4.69, 9.17) is 15.0 Å². The minimum absolute atomic E-state index is 0.608. The van der Waals surface area contributed by atoms with Gasteiger partial charge in [-0.15, -0.1) is 0 Å². The van der Waals surface area contributed by atoms with E-state index in [1.807, 2.05) is 66.7 Å². The van der Waals surface area contributed by atoms with Crippen molar-refractivity contribution in [3.05, 3.63) is 173 Å². The first-order valence-corrected chi connectivity index (χ1v) is 16.0. The summed E-state index contributed by atoms with van der Waals surface area (Å²) < 4.78 is 0. The molecule has 9 rings (SSSR count). The number of hydrogen-bond donors (Lipinski definition) is 0. The molecule has 2 aliphatic rings. The summed E-state index contributed by atoms with van der Waals surface area (Å²) in [6.45, 7) is 0. The Morgan fingerprint density at radius 2 is 0.935 bits per heavy atom. The van der Waals surface area contributed by atoms with Gasteiger partial charge in [0.1, 0.15) is 0 Å². The summed E-state index contributed by atoms with van der Waals surface area (Å²) in [4.78, 5) is 17.3. The van der Waals surface area contributed by atoms with Crippen LogP contribution in [-0.4, -0.2) is 15.0 Å². The fourth-order valence-electron chi connectivity index (χ4n) is 7.05. The molecule has 1 aliphatic carbocycles. The van der Waals surface area contributed by atoms with Gasteiger partial charge in [-0.3, -0.25) is 0 Å². The molecule has 1 spiro atoms. The smallest absolute Gasteiger partial charge is 0.164 e. The molecule has 0 saturated heterocycles. The molecule has 6 aromatic carbocycles. The third kappa shape index (κ3) is 3.91. The van der Waals surface area contributed by atoms with Crippen LogP contribution >= 0.6 is 11.8 Å². The van der Waals surface area contributed by atoms with E-state index in [2.05, 4.69) is 84.9 Å². The molecule has 46 heavy (non-hydrogen) atoms. The van der Waals surface area contributed by atoms with Gasteiger partial charge in [0.15, 0.2) is 17.5 Å². The molecule has 1 aromatic heterocycles. The number of fused-ring (bicyclic) bond motifs is 9. The van der Waals surface area contributed by atoms with Crippen molar-refractivity contribution in [1.82, 2.24) is 15.0 Å². The zero-order valence-electron chi connectivity index (χ0n) is 24.6. The maximum atomic E-state index is 10.0. The second kappa shape index (κ2) is 10.4. The zero-order valence-corrected chi connectivity index (χ0v) is 25.4. The normalized spacial score (nSPS) is 13.3. The number of nitrogens with zero attached hydrogens (tertiary/aromatic N) is 4. The lowest BCUT2D eigenvalue weighted by molar-refractivity contribution is 0.722. The van der Waals surface area contributed by atoms with Crippen LogP contribution in [0.25, 0.3) is 45.3 Å². The standard InChI is InChI=1S/C41H24N4S/c42-25-26-19-21-36-34(23-26)41(32-17-9-7-15-30(32)31-16-8-10-18-33(31)41)35-24-29(20-22-37(35)46-36)40-44-38(27-11-3-1-4-12-27)43-39(45-40)28-13-5-2-6-14-28/h1-24H. The van der Waals surface area contributed by atoms with Gasteiger partial charge in [-0.2, -0.15) is 5.26 Å². The molecule has 0 saturated carbocycles. The average Bonchev–Trinajstić information content (AvgIpc) is 3.43. The minimum Gasteiger partial charge on any atom is -0.208 e. The van der Waals surface area contributed by atoms with Crippen molar-refractivity contribution in [2.75, 3.05) is 0 Å². The predicted molar refractivity (Wildman–Crippen MR) is 182 cm³/mol. The summed E-state index contributed by atoms with van der Waals surface area (Å²) in [6, 6.07) is 52.6. The second-order valence-corrected chi connectivity index (χ2v) is 12.6. The van der Waals surface area contributed by atoms with E-state index in [0.717, 1.165) is 32.7 Å². The molecule has 5 heteroatoms. The van der Waals surface area contributed by atoms with E-state index >= 15 is 0 Å². The molecular weight excluding hydrogens is 581 g/mol. The summed E-state index contributed by atoms with van der Waals surface area (Å²) >= 11 is 1.75. The van der Waals surface area contributed by atoms with E-state index in [9.17, 15) is 5.26 Å². The van der Waals surface area contributed by atoms with E-state index < -0.39 is 5.41 Å². The maximum Gasteiger partial charge on any atom is 0.164 e. The molecule has 0 N–H and O–H groups in total. The molecule has 0 fully saturated rings. The highest BCUT2D eigenvalue weighted by molar-refractivity contribution is 7.99. The zero-order chi connectivity index (χ0) is 30.7. The van der Waals surface area contributed by atoms with Gasteiger partial charge in [-0.25, -0.2) is 15.0 Å². The van der Waals surface area contributed by atoms with Crippen LogP contribution in [0, 0.1) is 11.3 Å². The Balaban J connectivity index is 1.34. The van der Waals surface area contributed by atoms with Crippen molar-refractivity contribution in [1.29, 1.82) is 5.26 Å². The first kappa shape index (κ1) is 26.6. The number of nitriles is 1. The van der Waals surface area contributed by atoms with Gasteiger partial charge in [0, 0.05) is 26.5 Å². The molecule has 4 nitrogen and oxygen atoms in total. The Kier molecular flexibility index (Phi) is 5.99. The van der Waals surface area contributed by atoms with Crippen LogP contribution in [0.1, 0.15) is 27.8 Å². The van der Waals surface area contributed by atoms with Crippen LogP contribution < -0.4 is 0 Å². The van der Waals surface area contributed by atoms with E-state index in [1.165, 1.54) is 27.1 Å². The number of benzene rings is 6. The molecule has 0 atom stereocenters. The van der Waals surface area contributed by atoms with Crippen molar-refractivity contribution in [3.8, 4) is 51.4 Å². The van der Waals surface area contributed by atoms with Crippen molar-refractivity contribution < 1.29 is 0 Å². The lowest BCUT2D eigenvalue weighted by Gasteiger charge is -2.40. The topological polar surface area (TPSA) is 62.5 Å². The summed E-state index contributed by atoms with van der Waals surface area (Å²) in [7, 11) is 0. The van der Waals surface area contributed by atoms with Crippen molar-refractivity contribution in [3.63, 3.8) is 0 Å². The number of aromatic nitrogens is 3. The predicted octanol–water partition coefficient (Wildman–Crippen LogP) is 9.57. The summed E-state index contributed by atoms with van der Waals surface area (Å²) in [5.74, 6) is 1.88. The van der Waals surface area contributed by atoms with Gasteiger partial charge in [-0.1, -0.05) is 127 Å². The minimum atomic E-state index is -0.608. The van der Waals surface area contributed by atoms with Crippen LogP contribution in [-0.2, 0) is 5.41 Å². The van der Waals surface area contributed by atoms with Crippen molar-refractivity contribution >= 4 is 11.8 Å². The number of hydrogen-bond acceptors (Lipinski definition) is 5. The molecule has 1 aliphatic heterocycles. The molecule has 214 valence electrons. The molecule has 7 aromatic rings. The lowest BCUT2D eigenvalue weighted by Crippen LogP contribution is -2.32. The molecule has 2 heterocycles.